The van der Waals surface area contributed by atoms with Gasteiger partial charge in [0, 0.05) is 38.2 Å². The molecule has 1 rings (SSSR count). The summed E-state index contributed by atoms with van der Waals surface area (Å²) in [5.74, 6) is -0.172. The molecule has 0 radical (unpaired) electrons. The van der Waals surface area contributed by atoms with E-state index in [1.54, 1.807) is 25.0 Å². The molecule has 1 aromatic heterocycles. The highest BCUT2D eigenvalue weighted by Gasteiger charge is 2.12. The lowest BCUT2D eigenvalue weighted by Crippen LogP contribution is -2.40. The summed E-state index contributed by atoms with van der Waals surface area (Å²) in [6.07, 6.45) is 3.61. The second-order valence-corrected chi connectivity index (χ2v) is 4.05. The molecule has 0 saturated carbocycles. The van der Waals surface area contributed by atoms with E-state index in [4.69, 9.17) is 11.6 Å². The SMILES string of the molecule is CN(Cc1cnn(C)c1)C(=O)NC(=O)CCCl. The van der Waals surface area contributed by atoms with Crippen molar-refractivity contribution < 1.29 is 9.59 Å². The van der Waals surface area contributed by atoms with Gasteiger partial charge in [0.1, 0.15) is 0 Å². The van der Waals surface area contributed by atoms with Crippen LogP contribution in [0.25, 0.3) is 0 Å². The van der Waals surface area contributed by atoms with Crippen molar-refractivity contribution in [1.82, 2.24) is 20.0 Å². The van der Waals surface area contributed by atoms with Crippen molar-refractivity contribution in [1.29, 1.82) is 0 Å². The van der Waals surface area contributed by atoms with Crippen LogP contribution in [0.2, 0.25) is 0 Å². The number of hydrogen-bond donors (Lipinski definition) is 1. The predicted molar refractivity (Wildman–Crippen MR) is 63.6 cm³/mol. The van der Waals surface area contributed by atoms with Crippen LogP contribution < -0.4 is 5.32 Å². The van der Waals surface area contributed by atoms with Crippen LogP contribution in [-0.4, -0.2) is 39.5 Å². The van der Waals surface area contributed by atoms with E-state index in [9.17, 15) is 9.59 Å². The highest BCUT2D eigenvalue weighted by molar-refractivity contribution is 6.19. The topological polar surface area (TPSA) is 67.2 Å². The quantitative estimate of drug-likeness (QED) is 0.809. The molecule has 17 heavy (non-hydrogen) atoms. The average molecular weight is 259 g/mol. The standard InChI is InChI=1S/C10H15ClN4O2/c1-14(6-8-5-12-15(2)7-8)10(17)13-9(16)3-4-11/h5,7H,3-4,6H2,1-2H3,(H,13,16,17). The maximum absolute atomic E-state index is 11.6. The second-order valence-electron chi connectivity index (χ2n) is 3.67. The van der Waals surface area contributed by atoms with Crippen LogP contribution in [0.1, 0.15) is 12.0 Å². The first-order chi connectivity index (χ1) is 8.02. The second kappa shape index (κ2) is 6.24. The molecule has 1 aromatic rings. The Hall–Kier alpha value is -1.56. The zero-order valence-corrected chi connectivity index (χ0v) is 10.6. The molecule has 0 atom stereocenters. The number of carbonyl (C=O) groups excluding carboxylic acids is 2. The minimum absolute atomic E-state index is 0.133. The Morgan fingerprint density at radius 2 is 2.29 bits per heavy atom. The maximum Gasteiger partial charge on any atom is 0.324 e. The fourth-order valence-electron chi connectivity index (χ4n) is 1.26. The summed E-state index contributed by atoms with van der Waals surface area (Å²) < 4.78 is 1.65. The molecule has 0 aliphatic heterocycles. The molecular formula is C10H15ClN4O2. The van der Waals surface area contributed by atoms with E-state index in [0.717, 1.165) is 5.56 Å². The van der Waals surface area contributed by atoms with E-state index in [1.807, 2.05) is 6.20 Å². The van der Waals surface area contributed by atoms with Crippen molar-refractivity contribution in [2.24, 2.45) is 7.05 Å². The zero-order chi connectivity index (χ0) is 12.8. The summed E-state index contributed by atoms with van der Waals surface area (Å²) >= 11 is 5.40. The van der Waals surface area contributed by atoms with Gasteiger partial charge in [-0.3, -0.25) is 14.8 Å². The Labute approximate surface area is 105 Å². The number of amides is 3. The number of nitrogens with zero attached hydrogens (tertiary/aromatic N) is 3. The number of rotatable bonds is 4. The van der Waals surface area contributed by atoms with Crippen LogP contribution in [0.4, 0.5) is 4.79 Å². The minimum Gasteiger partial charge on any atom is -0.323 e. The highest BCUT2D eigenvalue weighted by Crippen LogP contribution is 2.01. The largest absolute Gasteiger partial charge is 0.324 e. The van der Waals surface area contributed by atoms with Crippen LogP contribution >= 0.6 is 11.6 Å². The molecule has 0 aromatic carbocycles. The first-order valence-corrected chi connectivity index (χ1v) is 5.65. The van der Waals surface area contributed by atoms with Gasteiger partial charge in [-0.15, -0.1) is 11.6 Å². The summed E-state index contributed by atoms with van der Waals surface area (Å²) in [5, 5.41) is 6.24. The Kier molecular flexibility index (Phi) is 4.96. The average Bonchev–Trinajstić information content (AvgIpc) is 2.64. The summed E-state index contributed by atoms with van der Waals surface area (Å²) in [6.45, 7) is 0.397. The van der Waals surface area contributed by atoms with Crippen LogP contribution in [0.3, 0.4) is 0 Å². The number of aromatic nitrogens is 2. The fraction of sp³-hybridized carbons (Fsp3) is 0.500. The molecule has 0 spiro atoms. The third kappa shape index (κ3) is 4.44. The highest BCUT2D eigenvalue weighted by atomic mass is 35.5. The Morgan fingerprint density at radius 3 is 2.82 bits per heavy atom. The van der Waals surface area contributed by atoms with Gasteiger partial charge in [0.15, 0.2) is 0 Å². The van der Waals surface area contributed by atoms with Crippen molar-refractivity contribution in [3.8, 4) is 0 Å². The molecule has 0 aliphatic rings. The Balaban J connectivity index is 2.44. The smallest absolute Gasteiger partial charge is 0.323 e. The predicted octanol–water partition coefficient (Wildman–Crippen LogP) is 0.717. The number of carbonyl (C=O) groups is 2. The first kappa shape index (κ1) is 13.5. The number of halogens is 1. The number of nitrogens with one attached hydrogen (secondary N) is 1. The molecule has 0 fully saturated rings. The Bertz CT molecular complexity index is 405. The van der Waals surface area contributed by atoms with E-state index in [2.05, 4.69) is 10.4 Å². The number of hydrogen-bond acceptors (Lipinski definition) is 3. The third-order valence-corrected chi connectivity index (χ3v) is 2.28. The van der Waals surface area contributed by atoms with Crippen molar-refractivity contribution in [3.05, 3.63) is 18.0 Å². The fourth-order valence-corrected chi connectivity index (χ4v) is 1.43. The van der Waals surface area contributed by atoms with Crippen LogP contribution in [0.5, 0.6) is 0 Å². The van der Waals surface area contributed by atoms with Crippen LogP contribution in [-0.2, 0) is 18.4 Å². The molecule has 0 saturated heterocycles. The van der Waals surface area contributed by atoms with Crippen LogP contribution in [0.15, 0.2) is 12.4 Å². The lowest BCUT2D eigenvalue weighted by atomic mass is 10.3. The molecule has 0 bridgehead atoms. The van der Waals surface area contributed by atoms with E-state index >= 15 is 0 Å². The number of alkyl halides is 1. The van der Waals surface area contributed by atoms with E-state index in [1.165, 1.54) is 4.90 Å². The normalized spacial score (nSPS) is 10.1. The minimum atomic E-state index is -0.441. The summed E-state index contributed by atoms with van der Waals surface area (Å²) in [7, 11) is 3.41. The monoisotopic (exact) mass is 258 g/mol. The molecule has 0 unspecified atom stereocenters. The van der Waals surface area contributed by atoms with Gasteiger partial charge in [-0.1, -0.05) is 0 Å². The number of aryl methyl sites for hydroxylation is 1. The molecule has 6 nitrogen and oxygen atoms in total. The number of urea groups is 1. The van der Waals surface area contributed by atoms with Gasteiger partial charge in [0.25, 0.3) is 0 Å². The lowest BCUT2D eigenvalue weighted by molar-refractivity contribution is -0.119. The van der Waals surface area contributed by atoms with Gasteiger partial charge < -0.3 is 4.90 Å². The lowest BCUT2D eigenvalue weighted by Gasteiger charge is -2.16. The summed E-state index contributed by atoms with van der Waals surface area (Å²) in [4.78, 5) is 24.1. The molecule has 3 amide bonds. The van der Waals surface area contributed by atoms with Crippen molar-refractivity contribution in [3.63, 3.8) is 0 Å². The van der Waals surface area contributed by atoms with Gasteiger partial charge in [-0.2, -0.15) is 5.10 Å². The van der Waals surface area contributed by atoms with E-state index in [-0.39, 0.29) is 18.2 Å². The molecular weight excluding hydrogens is 244 g/mol. The first-order valence-electron chi connectivity index (χ1n) is 5.11. The summed E-state index contributed by atoms with van der Waals surface area (Å²) in [6, 6.07) is -0.441. The van der Waals surface area contributed by atoms with E-state index in [0.29, 0.717) is 6.54 Å². The van der Waals surface area contributed by atoms with Crippen LogP contribution in [0, 0.1) is 0 Å². The maximum atomic E-state index is 11.6. The third-order valence-electron chi connectivity index (χ3n) is 2.09. The van der Waals surface area contributed by atoms with E-state index < -0.39 is 6.03 Å². The van der Waals surface area contributed by atoms with Gasteiger partial charge in [-0.05, 0) is 0 Å². The molecule has 1 heterocycles. The zero-order valence-electron chi connectivity index (χ0n) is 9.81. The van der Waals surface area contributed by atoms with Crippen molar-refractivity contribution >= 4 is 23.5 Å². The number of imide groups is 1. The van der Waals surface area contributed by atoms with Gasteiger partial charge in [0.2, 0.25) is 5.91 Å². The van der Waals surface area contributed by atoms with Gasteiger partial charge in [0.05, 0.1) is 12.7 Å². The summed E-state index contributed by atoms with van der Waals surface area (Å²) in [5.41, 5.74) is 0.898. The van der Waals surface area contributed by atoms with Crippen molar-refractivity contribution in [2.45, 2.75) is 13.0 Å². The van der Waals surface area contributed by atoms with Gasteiger partial charge in [-0.25, -0.2) is 4.79 Å². The molecule has 94 valence electrons. The molecule has 0 aliphatic carbocycles. The molecule has 1 N–H and O–H groups in total. The van der Waals surface area contributed by atoms with Gasteiger partial charge >= 0.3 is 6.03 Å². The molecule has 7 heteroatoms. The Morgan fingerprint density at radius 1 is 1.59 bits per heavy atom. The van der Waals surface area contributed by atoms with Crippen molar-refractivity contribution in [2.75, 3.05) is 12.9 Å².